The first-order valence-electron chi connectivity index (χ1n) is 8.61. The highest BCUT2D eigenvalue weighted by molar-refractivity contribution is 7.89. The second-order valence-electron chi connectivity index (χ2n) is 6.04. The monoisotopic (exact) mass is 369 g/mol. The highest BCUT2D eigenvalue weighted by atomic mass is 32.2. The molecule has 140 valence electrons. The minimum Gasteiger partial charge on any atom is -0.495 e. The molecule has 1 amide bonds. The van der Waals surface area contributed by atoms with Crippen LogP contribution in [-0.4, -0.2) is 59.0 Å². The van der Waals surface area contributed by atoms with Crippen LogP contribution in [0, 0.1) is 0 Å². The molecular weight excluding hydrogens is 342 g/mol. The molecule has 1 aliphatic rings. The molecule has 1 aromatic carbocycles. The van der Waals surface area contributed by atoms with Gasteiger partial charge in [0.15, 0.2) is 0 Å². The van der Waals surface area contributed by atoms with Crippen LogP contribution >= 0.6 is 0 Å². The predicted molar refractivity (Wildman–Crippen MR) is 96.5 cm³/mol. The van der Waals surface area contributed by atoms with Crippen LogP contribution in [0.25, 0.3) is 0 Å². The van der Waals surface area contributed by atoms with Gasteiger partial charge in [-0.15, -0.1) is 0 Å². The smallest absolute Gasteiger partial charge is 0.251 e. The lowest BCUT2D eigenvalue weighted by Crippen LogP contribution is -2.33. The number of sulfonamides is 1. The maximum absolute atomic E-state index is 13.1. The first kappa shape index (κ1) is 19.7. The van der Waals surface area contributed by atoms with Crippen molar-refractivity contribution in [2.45, 2.75) is 30.6 Å². The highest BCUT2D eigenvalue weighted by Gasteiger charge is 2.29. The molecule has 25 heavy (non-hydrogen) atoms. The van der Waals surface area contributed by atoms with Crippen LogP contribution in [0.3, 0.4) is 0 Å². The zero-order valence-corrected chi connectivity index (χ0v) is 15.7. The van der Waals surface area contributed by atoms with E-state index in [2.05, 4.69) is 10.6 Å². The van der Waals surface area contributed by atoms with E-state index >= 15 is 0 Å². The lowest BCUT2D eigenvalue weighted by molar-refractivity contribution is 0.0954. The SMILES string of the molecule is CNCCNC(=O)c1ccc(OC)c(S(=O)(=O)N2CCCCCC2)c1. The quantitative estimate of drug-likeness (QED) is 0.706. The highest BCUT2D eigenvalue weighted by Crippen LogP contribution is 2.29. The van der Waals surface area contributed by atoms with Gasteiger partial charge in [-0.1, -0.05) is 12.8 Å². The van der Waals surface area contributed by atoms with Crippen molar-refractivity contribution in [1.82, 2.24) is 14.9 Å². The molecule has 0 unspecified atom stereocenters. The fraction of sp³-hybridized carbons (Fsp3) is 0.588. The number of methoxy groups -OCH3 is 1. The van der Waals surface area contributed by atoms with Gasteiger partial charge in [0.25, 0.3) is 5.91 Å². The van der Waals surface area contributed by atoms with E-state index in [1.807, 2.05) is 0 Å². The van der Waals surface area contributed by atoms with Gasteiger partial charge in [-0.25, -0.2) is 8.42 Å². The van der Waals surface area contributed by atoms with Crippen molar-refractivity contribution in [3.63, 3.8) is 0 Å². The molecule has 0 aliphatic carbocycles. The predicted octanol–water partition coefficient (Wildman–Crippen LogP) is 1.21. The van der Waals surface area contributed by atoms with Gasteiger partial charge in [0.1, 0.15) is 10.6 Å². The Morgan fingerprint density at radius 2 is 1.84 bits per heavy atom. The van der Waals surface area contributed by atoms with Crippen LogP contribution in [-0.2, 0) is 10.0 Å². The topological polar surface area (TPSA) is 87.7 Å². The van der Waals surface area contributed by atoms with E-state index in [4.69, 9.17) is 4.74 Å². The van der Waals surface area contributed by atoms with Crippen LogP contribution in [0.1, 0.15) is 36.0 Å². The van der Waals surface area contributed by atoms with Gasteiger partial charge in [0.2, 0.25) is 10.0 Å². The fourth-order valence-electron chi connectivity index (χ4n) is 2.84. The van der Waals surface area contributed by atoms with Crippen molar-refractivity contribution in [2.75, 3.05) is 40.3 Å². The number of hydrogen-bond acceptors (Lipinski definition) is 5. The molecule has 2 rings (SSSR count). The van der Waals surface area contributed by atoms with Gasteiger partial charge in [0.05, 0.1) is 7.11 Å². The zero-order chi connectivity index (χ0) is 18.3. The first-order valence-corrected chi connectivity index (χ1v) is 10.1. The number of nitrogens with one attached hydrogen (secondary N) is 2. The number of benzene rings is 1. The summed E-state index contributed by atoms with van der Waals surface area (Å²) in [5.74, 6) is -0.0405. The van der Waals surface area contributed by atoms with E-state index in [1.54, 1.807) is 13.1 Å². The molecule has 0 radical (unpaired) electrons. The van der Waals surface area contributed by atoms with Crippen LogP contribution in [0.15, 0.2) is 23.1 Å². The molecule has 0 saturated carbocycles. The summed E-state index contributed by atoms with van der Waals surface area (Å²) in [5.41, 5.74) is 0.310. The Morgan fingerprint density at radius 1 is 1.16 bits per heavy atom. The third-order valence-electron chi connectivity index (χ3n) is 4.27. The molecule has 1 aliphatic heterocycles. The third-order valence-corrected chi connectivity index (χ3v) is 6.19. The van der Waals surface area contributed by atoms with Gasteiger partial charge in [0, 0.05) is 31.7 Å². The molecule has 0 atom stereocenters. The Morgan fingerprint density at radius 3 is 2.44 bits per heavy atom. The molecule has 2 N–H and O–H groups in total. The molecule has 1 fully saturated rings. The Hall–Kier alpha value is -1.64. The van der Waals surface area contributed by atoms with Gasteiger partial charge in [-0.05, 0) is 38.1 Å². The maximum atomic E-state index is 13.1. The summed E-state index contributed by atoms with van der Waals surface area (Å²) in [6.07, 6.45) is 3.78. The lowest BCUT2D eigenvalue weighted by Gasteiger charge is -2.21. The van der Waals surface area contributed by atoms with Crippen molar-refractivity contribution in [3.05, 3.63) is 23.8 Å². The van der Waals surface area contributed by atoms with E-state index in [0.29, 0.717) is 31.7 Å². The lowest BCUT2D eigenvalue weighted by atomic mass is 10.2. The Bertz CT molecular complexity index is 683. The first-order chi connectivity index (χ1) is 12.0. The van der Waals surface area contributed by atoms with Gasteiger partial charge in [-0.3, -0.25) is 4.79 Å². The normalized spacial score (nSPS) is 16.2. The van der Waals surface area contributed by atoms with E-state index in [-0.39, 0.29) is 16.6 Å². The number of carbonyl (C=O) groups is 1. The number of carbonyl (C=O) groups excluding carboxylic acids is 1. The van der Waals surface area contributed by atoms with Crippen molar-refractivity contribution in [2.24, 2.45) is 0 Å². The summed E-state index contributed by atoms with van der Waals surface area (Å²) in [6.45, 7) is 2.12. The number of rotatable bonds is 7. The number of amides is 1. The Labute approximate surface area is 149 Å². The summed E-state index contributed by atoms with van der Waals surface area (Å²) in [6, 6.07) is 4.53. The molecule has 1 heterocycles. The van der Waals surface area contributed by atoms with E-state index in [1.165, 1.54) is 23.5 Å². The third kappa shape index (κ3) is 4.93. The Kier molecular flexibility index (Phi) is 7.22. The molecule has 0 aromatic heterocycles. The van der Waals surface area contributed by atoms with Crippen molar-refractivity contribution in [1.29, 1.82) is 0 Å². The number of likely N-dealkylation sites (N-methyl/N-ethyl adjacent to an activating group) is 1. The van der Waals surface area contributed by atoms with Gasteiger partial charge < -0.3 is 15.4 Å². The van der Waals surface area contributed by atoms with Crippen molar-refractivity contribution >= 4 is 15.9 Å². The minimum atomic E-state index is -3.69. The van der Waals surface area contributed by atoms with Crippen molar-refractivity contribution < 1.29 is 17.9 Å². The average molecular weight is 369 g/mol. The van der Waals surface area contributed by atoms with E-state index in [0.717, 1.165) is 25.7 Å². The average Bonchev–Trinajstić information content (AvgIpc) is 2.91. The maximum Gasteiger partial charge on any atom is 0.251 e. The van der Waals surface area contributed by atoms with Crippen LogP contribution < -0.4 is 15.4 Å². The molecule has 0 spiro atoms. The summed E-state index contributed by atoms with van der Waals surface area (Å²) < 4.78 is 32.9. The standard InChI is InChI=1S/C17H27N3O4S/c1-18-9-10-19-17(21)14-7-8-15(24-2)16(13-14)25(22,23)20-11-5-3-4-6-12-20/h7-8,13,18H,3-6,9-12H2,1-2H3,(H,19,21). The molecule has 1 saturated heterocycles. The zero-order valence-electron chi connectivity index (χ0n) is 14.9. The number of nitrogens with zero attached hydrogens (tertiary/aromatic N) is 1. The van der Waals surface area contributed by atoms with E-state index < -0.39 is 10.0 Å². The van der Waals surface area contributed by atoms with Crippen LogP contribution in [0.5, 0.6) is 5.75 Å². The molecule has 0 bridgehead atoms. The minimum absolute atomic E-state index is 0.0539. The largest absolute Gasteiger partial charge is 0.495 e. The molecule has 8 heteroatoms. The van der Waals surface area contributed by atoms with E-state index in [9.17, 15) is 13.2 Å². The second-order valence-corrected chi connectivity index (χ2v) is 7.95. The summed E-state index contributed by atoms with van der Waals surface area (Å²) in [7, 11) is -0.462. The van der Waals surface area contributed by atoms with Crippen molar-refractivity contribution in [3.8, 4) is 5.75 Å². The second kappa shape index (κ2) is 9.17. The van der Waals surface area contributed by atoms with Crippen LogP contribution in [0.4, 0.5) is 0 Å². The summed E-state index contributed by atoms with van der Waals surface area (Å²) >= 11 is 0. The fourth-order valence-corrected chi connectivity index (χ4v) is 4.54. The van der Waals surface area contributed by atoms with Gasteiger partial charge >= 0.3 is 0 Å². The van der Waals surface area contributed by atoms with Gasteiger partial charge in [-0.2, -0.15) is 4.31 Å². The summed E-state index contributed by atoms with van der Waals surface area (Å²) in [4.78, 5) is 12.3. The number of ether oxygens (including phenoxy) is 1. The number of hydrogen-bond donors (Lipinski definition) is 2. The Balaban J connectivity index is 2.30. The summed E-state index contributed by atoms with van der Waals surface area (Å²) in [5, 5.41) is 5.69. The van der Waals surface area contributed by atoms with Crippen LogP contribution in [0.2, 0.25) is 0 Å². The molecular formula is C17H27N3O4S. The molecule has 1 aromatic rings. The molecule has 7 nitrogen and oxygen atoms in total.